The second-order valence-corrected chi connectivity index (χ2v) is 3.92. The Morgan fingerprint density at radius 3 is 2.93 bits per heavy atom. The van der Waals surface area contributed by atoms with E-state index in [-0.39, 0.29) is 5.69 Å². The smallest absolute Gasteiger partial charge is 0.146 e. The Balaban J connectivity index is 2.07. The van der Waals surface area contributed by atoms with Crippen molar-refractivity contribution in [1.82, 2.24) is 4.98 Å². The first-order valence-corrected chi connectivity index (χ1v) is 5.20. The van der Waals surface area contributed by atoms with Gasteiger partial charge in [-0.1, -0.05) is 0 Å². The molecule has 2 aromatic rings. The third-order valence-electron chi connectivity index (χ3n) is 1.86. The fourth-order valence-electron chi connectivity index (χ4n) is 1.14. The van der Waals surface area contributed by atoms with Gasteiger partial charge in [0.05, 0.1) is 17.7 Å². The van der Waals surface area contributed by atoms with Crippen molar-refractivity contribution < 1.29 is 8.78 Å². The van der Waals surface area contributed by atoms with Crippen LogP contribution in [-0.2, 0) is 6.54 Å². The SMILES string of the molecule is Fc1ccc(F)c(NCc2cncs2)c1. The molecule has 5 heteroatoms. The average Bonchev–Trinajstić information content (AvgIpc) is 2.72. The number of benzene rings is 1. The fourth-order valence-corrected chi connectivity index (χ4v) is 1.68. The van der Waals surface area contributed by atoms with E-state index in [4.69, 9.17) is 0 Å². The van der Waals surface area contributed by atoms with Crippen LogP contribution in [0.2, 0.25) is 0 Å². The van der Waals surface area contributed by atoms with Gasteiger partial charge in [0, 0.05) is 11.1 Å². The minimum Gasteiger partial charge on any atom is -0.378 e. The van der Waals surface area contributed by atoms with Crippen LogP contribution in [0.15, 0.2) is 29.9 Å². The Morgan fingerprint density at radius 2 is 2.20 bits per heavy atom. The molecule has 0 amide bonds. The number of nitrogens with one attached hydrogen (secondary N) is 1. The van der Waals surface area contributed by atoms with Gasteiger partial charge in [0.25, 0.3) is 0 Å². The second-order valence-electron chi connectivity index (χ2n) is 2.95. The molecule has 0 aliphatic rings. The number of thiazole rings is 1. The molecule has 1 aromatic carbocycles. The minimum atomic E-state index is -0.457. The van der Waals surface area contributed by atoms with Gasteiger partial charge in [-0.3, -0.25) is 4.98 Å². The first-order chi connectivity index (χ1) is 7.25. The van der Waals surface area contributed by atoms with Crippen LogP contribution in [0.4, 0.5) is 14.5 Å². The van der Waals surface area contributed by atoms with Crippen LogP contribution in [0.1, 0.15) is 4.88 Å². The summed E-state index contributed by atoms with van der Waals surface area (Å²) in [6, 6.07) is 3.33. The van der Waals surface area contributed by atoms with Gasteiger partial charge in [0.2, 0.25) is 0 Å². The number of hydrogen-bond donors (Lipinski definition) is 1. The van der Waals surface area contributed by atoms with Gasteiger partial charge >= 0.3 is 0 Å². The number of aromatic nitrogens is 1. The van der Waals surface area contributed by atoms with Gasteiger partial charge in [-0.2, -0.15) is 0 Å². The number of anilines is 1. The quantitative estimate of drug-likeness (QED) is 0.870. The third-order valence-corrected chi connectivity index (χ3v) is 2.64. The van der Waals surface area contributed by atoms with E-state index in [1.54, 1.807) is 11.7 Å². The van der Waals surface area contributed by atoms with Crippen molar-refractivity contribution in [2.45, 2.75) is 6.54 Å². The Hall–Kier alpha value is -1.49. The normalized spacial score (nSPS) is 10.3. The summed E-state index contributed by atoms with van der Waals surface area (Å²) in [4.78, 5) is 4.86. The summed E-state index contributed by atoms with van der Waals surface area (Å²) in [5.74, 6) is -0.913. The van der Waals surface area contributed by atoms with Gasteiger partial charge in [-0.05, 0) is 18.2 Å². The Bertz CT molecular complexity index is 443. The van der Waals surface area contributed by atoms with Crippen LogP contribution >= 0.6 is 11.3 Å². The number of halogens is 2. The van der Waals surface area contributed by atoms with E-state index in [1.807, 2.05) is 0 Å². The van der Waals surface area contributed by atoms with Gasteiger partial charge in [0.15, 0.2) is 0 Å². The van der Waals surface area contributed by atoms with E-state index < -0.39 is 11.6 Å². The summed E-state index contributed by atoms with van der Waals surface area (Å²) in [6.45, 7) is 0.449. The highest BCUT2D eigenvalue weighted by atomic mass is 32.1. The molecule has 0 aliphatic heterocycles. The van der Waals surface area contributed by atoms with Crippen molar-refractivity contribution in [1.29, 1.82) is 0 Å². The van der Waals surface area contributed by atoms with E-state index in [9.17, 15) is 8.78 Å². The molecule has 0 radical (unpaired) electrons. The molecule has 2 nitrogen and oxygen atoms in total. The van der Waals surface area contributed by atoms with Crippen LogP contribution in [-0.4, -0.2) is 4.98 Å². The molecule has 0 aliphatic carbocycles. The molecule has 0 saturated heterocycles. The third kappa shape index (κ3) is 2.50. The molecular formula is C10H8F2N2S. The molecule has 0 saturated carbocycles. The highest BCUT2D eigenvalue weighted by Crippen LogP contribution is 2.17. The van der Waals surface area contributed by atoms with Gasteiger partial charge in [0.1, 0.15) is 11.6 Å². The molecule has 78 valence electrons. The van der Waals surface area contributed by atoms with Crippen LogP contribution in [0, 0.1) is 11.6 Å². The lowest BCUT2D eigenvalue weighted by molar-refractivity contribution is 0.602. The highest BCUT2D eigenvalue weighted by molar-refractivity contribution is 7.09. The molecule has 0 bridgehead atoms. The summed E-state index contributed by atoms with van der Waals surface area (Å²) in [6.07, 6.45) is 1.69. The summed E-state index contributed by atoms with van der Waals surface area (Å²) in [5.41, 5.74) is 1.86. The lowest BCUT2D eigenvalue weighted by Crippen LogP contribution is -2.00. The van der Waals surface area contributed by atoms with E-state index in [0.717, 1.165) is 23.1 Å². The number of nitrogens with zero attached hydrogens (tertiary/aromatic N) is 1. The van der Waals surface area contributed by atoms with Crippen LogP contribution in [0.25, 0.3) is 0 Å². The molecule has 1 N–H and O–H groups in total. The highest BCUT2D eigenvalue weighted by Gasteiger charge is 2.03. The van der Waals surface area contributed by atoms with Crippen LogP contribution in [0.3, 0.4) is 0 Å². The molecule has 2 rings (SSSR count). The summed E-state index contributed by atoms with van der Waals surface area (Å²) in [7, 11) is 0. The van der Waals surface area contributed by atoms with Crippen molar-refractivity contribution in [2.75, 3.05) is 5.32 Å². The first-order valence-electron chi connectivity index (χ1n) is 4.32. The van der Waals surface area contributed by atoms with Crippen LogP contribution < -0.4 is 5.32 Å². The molecule has 1 aromatic heterocycles. The van der Waals surface area contributed by atoms with E-state index in [0.29, 0.717) is 6.54 Å². The second kappa shape index (κ2) is 4.35. The molecule has 0 fully saturated rings. The standard InChI is InChI=1S/C10H8F2N2S/c11-7-1-2-9(12)10(3-7)14-5-8-4-13-6-15-8/h1-4,6,14H,5H2. The van der Waals surface area contributed by atoms with E-state index in [1.165, 1.54) is 11.3 Å². The molecule has 1 heterocycles. The fraction of sp³-hybridized carbons (Fsp3) is 0.100. The summed E-state index contributed by atoms with van der Waals surface area (Å²) < 4.78 is 26.0. The topological polar surface area (TPSA) is 24.9 Å². The maximum Gasteiger partial charge on any atom is 0.146 e. The van der Waals surface area contributed by atoms with Crippen molar-refractivity contribution >= 4 is 17.0 Å². The van der Waals surface area contributed by atoms with Gasteiger partial charge in [-0.15, -0.1) is 11.3 Å². The number of hydrogen-bond acceptors (Lipinski definition) is 3. The Labute approximate surface area is 89.6 Å². The molecule has 0 spiro atoms. The lowest BCUT2D eigenvalue weighted by Gasteiger charge is -2.05. The van der Waals surface area contributed by atoms with E-state index >= 15 is 0 Å². The van der Waals surface area contributed by atoms with E-state index in [2.05, 4.69) is 10.3 Å². The van der Waals surface area contributed by atoms with Crippen molar-refractivity contribution in [3.05, 3.63) is 46.4 Å². The first kappa shape index (κ1) is 10.0. The lowest BCUT2D eigenvalue weighted by atomic mass is 10.3. The number of rotatable bonds is 3. The van der Waals surface area contributed by atoms with Crippen molar-refractivity contribution in [3.8, 4) is 0 Å². The maximum atomic E-state index is 13.2. The van der Waals surface area contributed by atoms with Crippen LogP contribution in [0.5, 0.6) is 0 Å². The predicted molar refractivity (Wildman–Crippen MR) is 55.8 cm³/mol. The summed E-state index contributed by atoms with van der Waals surface area (Å²) in [5, 5.41) is 2.81. The predicted octanol–water partition coefficient (Wildman–Crippen LogP) is 3.03. The molecule has 0 atom stereocenters. The van der Waals surface area contributed by atoms with Crippen molar-refractivity contribution in [2.24, 2.45) is 0 Å². The zero-order chi connectivity index (χ0) is 10.7. The van der Waals surface area contributed by atoms with Gasteiger partial charge in [-0.25, -0.2) is 8.78 Å². The van der Waals surface area contributed by atoms with Gasteiger partial charge < -0.3 is 5.32 Å². The minimum absolute atomic E-state index is 0.170. The Kier molecular flexibility index (Phi) is 2.91. The van der Waals surface area contributed by atoms with Crippen molar-refractivity contribution in [3.63, 3.8) is 0 Å². The Morgan fingerprint density at radius 1 is 1.33 bits per heavy atom. The summed E-state index contributed by atoms with van der Waals surface area (Å²) >= 11 is 1.46. The monoisotopic (exact) mass is 226 g/mol. The zero-order valence-corrected chi connectivity index (χ0v) is 8.52. The average molecular weight is 226 g/mol. The molecule has 15 heavy (non-hydrogen) atoms. The molecular weight excluding hydrogens is 218 g/mol. The largest absolute Gasteiger partial charge is 0.378 e. The maximum absolute atomic E-state index is 13.2. The zero-order valence-electron chi connectivity index (χ0n) is 7.71. The molecule has 0 unspecified atom stereocenters.